The number of ether oxygens (including phenoxy) is 1. The van der Waals surface area contributed by atoms with Crippen molar-refractivity contribution >= 4 is 15.7 Å². The number of pyridine rings is 1. The first-order valence-electron chi connectivity index (χ1n) is 6.61. The molecule has 0 atom stereocenters. The molecule has 0 unspecified atom stereocenters. The molecule has 0 saturated carbocycles. The van der Waals surface area contributed by atoms with Crippen LogP contribution in [-0.2, 0) is 10.0 Å². The SMILES string of the molecule is CCOc1ccc(S(=O)(=O)Nc2ccncc2)c(C)c1C. The maximum Gasteiger partial charge on any atom is 0.262 e. The highest BCUT2D eigenvalue weighted by molar-refractivity contribution is 7.92. The molecule has 0 aliphatic carbocycles. The lowest BCUT2D eigenvalue weighted by Gasteiger charge is -2.15. The van der Waals surface area contributed by atoms with Gasteiger partial charge in [0.15, 0.2) is 0 Å². The largest absolute Gasteiger partial charge is 0.494 e. The summed E-state index contributed by atoms with van der Waals surface area (Å²) in [6, 6.07) is 6.46. The monoisotopic (exact) mass is 306 g/mol. The normalized spacial score (nSPS) is 11.2. The predicted molar refractivity (Wildman–Crippen MR) is 82.1 cm³/mol. The molecule has 112 valence electrons. The Morgan fingerprint density at radius 2 is 1.76 bits per heavy atom. The van der Waals surface area contributed by atoms with Crippen LogP contribution in [-0.4, -0.2) is 20.0 Å². The molecule has 1 heterocycles. The molecule has 0 radical (unpaired) electrons. The molecule has 1 N–H and O–H groups in total. The molecule has 21 heavy (non-hydrogen) atoms. The predicted octanol–water partition coefficient (Wildman–Crippen LogP) is 2.90. The minimum absolute atomic E-state index is 0.250. The quantitative estimate of drug-likeness (QED) is 0.922. The van der Waals surface area contributed by atoms with Crippen molar-refractivity contribution in [3.63, 3.8) is 0 Å². The summed E-state index contributed by atoms with van der Waals surface area (Å²) in [6.45, 7) is 6.07. The number of benzene rings is 1. The van der Waals surface area contributed by atoms with Gasteiger partial charge in [-0.05, 0) is 56.2 Å². The summed E-state index contributed by atoms with van der Waals surface area (Å²) in [6.07, 6.45) is 3.07. The highest BCUT2D eigenvalue weighted by Crippen LogP contribution is 2.28. The molecule has 0 aliphatic rings. The van der Waals surface area contributed by atoms with Gasteiger partial charge in [-0.25, -0.2) is 8.42 Å². The first kappa shape index (κ1) is 15.3. The number of hydrogen-bond acceptors (Lipinski definition) is 4. The van der Waals surface area contributed by atoms with Crippen molar-refractivity contribution in [2.75, 3.05) is 11.3 Å². The van der Waals surface area contributed by atoms with Crippen molar-refractivity contribution in [1.82, 2.24) is 4.98 Å². The van der Waals surface area contributed by atoms with Gasteiger partial charge in [-0.1, -0.05) is 0 Å². The fourth-order valence-electron chi connectivity index (χ4n) is 2.00. The summed E-state index contributed by atoms with van der Waals surface area (Å²) in [5.74, 6) is 0.706. The standard InChI is InChI=1S/C15H18N2O3S/c1-4-20-14-5-6-15(12(3)11(14)2)21(18,19)17-13-7-9-16-10-8-13/h5-10H,4H2,1-3H3,(H,16,17). The zero-order valence-corrected chi connectivity index (χ0v) is 13.1. The van der Waals surface area contributed by atoms with Gasteiger partial charge in [0.05, 0.1) is 17.2 Å². The van der Waals surface area contributed by atoms with E-state index >= 15 is 0 Å². The van der Waals surface area contributed by atoms with Crippen molar-refractivity contribution in [2.45, 2.75) is 25.7 Å². The summed E-state index contributed by atoms with van der Waals surface area (Å²) >= 11 is 0. The van der Waals surface area contributed by atoms with Crippen molar-refractivity contribution in [3.05, 3.63) is 47.8 Å². The van der Waals surface area contributed by atoms with Crippen LogP contribution in [0.2, 0.25) is 0 Å². The van der Waals surface area contributed by atoms with E-state index < -0.39 is 10.0 Å². The van der Waals surface area contributed by atoms with Gasteiger partial charge in [-0.15, -0.1) is 0 Å². The van der Waals surface area contributed by atoms with Crippen LogP contribution in [0.4, 0.5) is 5.69 Å². The average Bonchev–Trinajstić information content (AvgIpc) is 2.44. The molecule has 1 aromatic heterocycles. The second kappa shape index (κ2) is 6.13. The number of nitrogens with zero attached hydrogens (tertiary/aromatic N) is 1. The average molecular weight is 306 g/mol. The molecule has 6 heteroatoms. The lowest BCUT2D eigenvalue weighted by molar-refractivity contribution is 0.337. The van der Waals surface area contributed by atoms with Gasteiger partial charge in [0.25, 0.3) is 10.0 Å². The number of anilines is 1. The second-order valence-electron chi connectivity index (χ2n) is 4.59. The van der Waals surface area contributed by atoms with Crippen LogP contribution in [0, 0.1) is 13.8 Å². The Morgan fingerprint density at radius 3 is 2.38 bits per heavy atom. The molecule has 0 spiro atoms. The molecule has 0 bridgehead atoms. The summed E-state index contributed by atoms with van der Waals surface area (Å²) in [7, 11) is -3.63. The minimum atomic E-state index is -3.63. The Hall–Kier alpha value is -2.08. The third-order valence-corrected chi connectivity index (χ3v) is 4.74. The molecule has 0 amide bonds. The van der Waals surface area contributed by atoms with E-state index in [2.05, 4.69) is 9.71 Å². The van der Waals surface area contributed by atoms with Crippen molar-refractivity contribution in [1.29, 1.82) is 0 Å². The van der Waals surface area contributed by atoms with Crippen LogP contribution >= 0.6 is 0 Å². The van der Waals surface area contributed by atoms with Crippen molar-refractivity contribution < 1.29 is 13.2 Å². The summed E-state index contributed by atoms with van der Waals surface area (Å²) < 4.78 is 33.0. The Morgan fingerprint density at radius 1 is 1.10 bits per heavy atom. The van der Waals surface area contributed by atoms with Crippen LogP contribution in [0.15, 0.2) is 41.6 Å². The van der Waals surface area contributed by atoms with Crippen molar-refractivity contribution in [3.8, 4) is 5.75 Å². The summed E-state index contributed by atoms with van der Waals surface area (Å²) in [5.41, 5.74) is 1.99. The van der Waals surface area contributed by atoms with Gasteiger partial charge in [-0.3, -0.25) is 9.71 Å². The topological polar surface area (TPSA) is 68.3 Å². The third-order valence-electron chi connectivity index (χ3n) is 3.21. The maximum atomic E-state index is 12.5. The summed E-state index contributed by atoms with van der Waals surface area (Å²) in [4.78, 5) is 4.11. The fraction of sp³-hybridized carbons (Fsp3) is 0.267. The first-order valence-corrected chi connectivity index (χ1v) is 8.10. The number of sulfonamides is 1. The van der Waals surface area contributed by atoms with Crippen LogP contribution in [0.25, 0.3) is 0 Å². The van der Waals surface area contributed by atoms with E-state index in [0.29, 0.717) is 23.6 Å². The Balaban J connectivity index is 2.39. The Kier molecular flexibility index (Phi) is 4.47. The lowest BCUT2D eigenvalue weighted by Crippen LogP contribution is -2.15. The van der Waals surface area contributed by atoms with E-state index in [1.165, 1.54) is 12.4 Å². The lowest BCUT2D eigenvalue weighted by atomic mass is 10.1. The van der Waals surface area contributed by atoms with Gasteiger partial charge in [0, 0.05) is 12.4 Å². The smallest absolute Gasteiger partial charge is 0.262 e. The minimum Gasteiger partial charge on any atom is -0.494 e. The number of rotatable bonds is 5. The van der Waals surface area contributed by atoms with E-state index in [-0.39, 0.29) is 4.90 Å². The van der Waals surface area contributed by atoms with Gasteiger partial charge in [-0.2, -0.15) is 0 Å². The Bertz CT molecular complexity index is 728. The number of aromatic nitrogens is 1. The van der Waals surface area contributed by atoms with Gasteiger partial charge in [0.1, 0.15) is 5.75 Å². The van der Waals surface area contributed by atoms with E-state index in [0.717, 1.165) is 5.56 Å². The molecule has 5 nitrogen and oxygen atoms in total. The molecular weight excluding hydrogens is 288 g/mol. The summed E-state index contributed by atoms with van der Waals surface area (Å²) in [5, 5.41) is 0. The van der Waals surface area contributed by atoms with Crippen LogP contribution in [0.3, 0.4) is 0 Å². The molecule has 0 saturated heterocycles. The second-order valence-corrected chi connectivity index (χ2v) is 6.24. The third kappa shape index (κ3) is 3.33. The van der Waals surface area contributed by atoms with E-state index in [1.807, 2.05) is 13.8 Å². The van der Waals surface area contributed by atoms with Crippen LogP contribution in [0.1, 0.15) is 18.1 Å². The molecular formula is C15H18N2O3S. The van der Waals surface area contributed by atoms with Gasteiger partial charge < -0.3 is 4.74 Å². The van der Waals surface area contributed by atoms with Crippen LogP contribution in [0.5, 0.6) is 5.75 Å². The first-order chi connectivity index (χ1) is 9.95. The zero-order valence-electron chi connectivity index (χ0n) is 12.3. The van der Waals surface area contributed by atoms with E-state index in [1.54, 1.807) is 31.2 Å². The van der Waals surface area contributed by atoms with Gasteiger partial charge >= 0.3 is 0 Å². The van der Waals surface area contributed by atoms with E-state index in [4.69, 9.17) is 4.74 Å². The Labute approximate surface area is 125 Å². The highest BCUT2D eigenvalue weighted by Gasteiger charge is 2.19. The van der Waals surface area contributed by atoms with E-state index in [9.17, 15) is 8.42 Å². The van der Waals surface area contributed by atoms with Gasteiger partial charge in [0.2, 0.25) is 0 Å². The highest BCUT2D eigenvalue weighted by atomic mass is 32.2. The molecule has 2 aromatic rings. The number of nitrogens with one attached hydrogen (secondary N) is 1. The molecule has 0 aliphatic heterocycles. The van der Waals surface area contributed by atoms with Crippen LogP contribution < -0.4 is 9.46 Å². The molecule has 0 fully saturated rings. The number of hydrogen-bond donors (Lipinski definition) is 1. The molecule has 1 aromatic carbocycles. The molecule has 2 rings (SSSR count). The maximum absolute atomic E-state index is 12.5. The fourth-order valence-corrected chi connectivity index (χ4v) is 3.36. The zero-order chi connectivity index (χ0) is 15.5. The van der Waals surface area contributed by atoms with Crippen molar-refractivity contribution in [2.24, 2.45) is 0 Å².